The predicted octanol–water partition coefficient (Wildman–Crippen LogP) is -0.661. The van der Waals surface area contributed by atoms with Crippen LogP contribution >= 0.6 is 0 Å². The minimum atomic E-state index is -1.59. The van der Waals surface area contributed by atoms with Crippen molar-refractivity contribution in [3.05, 3.63) is 11.3 Å². The molecular formula is C33H52N6O10. The Morgan fingerprint density at radius 2 is 1.43 bits per heavy atom. The molecule has 1 unspecified atom stereocenters. The molecule has 2 fully saturated rings. The van der Waals surface area contributed by atoms with Gasteiger partial charge >= 0.3 is 5.97 Å². The Hall–Kier alpha value is -4.34. The van der Waals surface area contributed by atoms with Gasteiger partial charge in [0.15, 0.2) is 11.6 Å². The molecule has 0 spiro atoms. The Balaban J connectivity index is 2.41. The van der Waals surface area contributed by atoms with Gasteiger partial charge in [0.2, 0.25) is 29.5 Å². The van der Waals surface area contributed by atoms with Crippen molar-refractivity contribution in [3.8, 4) is 0 Å². The zero-order valence-electron chi connectivity index (χ0n) is 29.2. The van der Waals surface area contributed by atoms with E-state index in [4.69, 9.17) is 0 Å². The lowest BCUT2D eigenvalue weighted by atomic mass is 9.73. The second kappa shape index (κ2) is 18.4. The van der Waals surface area contributed by atoms with Crippen LogP contribution in [0.5, 0.6) is 0 Å². The van der Waals surface area contributed by atoms with Crippen LogP contribution in [-0.4, -0.2) is 101 Å². The fourth-order valence-electron chi connectivity index (χ4n) is 5.71. The summed E-state index contributed by atoms with van der Waals surface area (Å²) >= 11 is 0. The average molecular weight is 693 g/mol. The first-order valence-corrected chi connectivity index (χ1v) is 16.7. The van der Waals surface area contributed by atoms with Crippen LogP contribution in [0.15, 0.2) is 11.3 Å². The molecule has 16 heteroatoms. The van der Waals surface area contributed by atoms with E-state index in [9.17, 15) is 48.6 Å². The number of carbonyl (C=O) groups is 8. The van der Waals surface area contributed by atoms with Gasteiger partial charge < -0.3 is 42.1 Å². The summed E-state index contributed by atoms with van der Waals surface area (Å²) in [5.74, 6) is -5.98. The number of hydrogen-bond acceptors (Lipinski definition) is 10. The van der Waals surface area contributed by atoms with Crippen molar-refractivity contribution in [2.45, 2.75) is 123 Å². The number of Topliss-reactive ketones (excluding diaryl/α,β-unsaturated/α-hetero) is 2. The van der Waals surface area contributed by atoms with Crippen LogP contribution in [-0.2, 0) is 38.4 Å². The summed E-state index contributed by atoms with van der Waals surface area (Å²) in [4.78, 5) is 103. The third kappa shape index (κ3) is 12.9. The maximum Gasteiger partial charge on any atom is 0.326 e. The minimum Gasteiger partial charge on any atom is -0.480 e. The summed E-state index contributed by atoms with van der Waals surface area (Å²) in [7, 11) is 0. The molecule has 5 amide bonds. The Labute approximate surface area is 286 Å². The van der Waals surface area contributed by atoms with E-state index in [1.54, 1.807) is 13.8 Å². The van der Waals surface area contributed by atoms with Crippen molar-refractivity contribution in [1.29, 1.82) is 0 Å². The topological polar surface area (TPSA) is 249 Å². The number of carboxylic acids is 1. The SMILES string of the molecule is CC(N[C@H]1CCCCNC(=O)CCNC(=O)CC[C@@H](C(=O)N[C@H](C(=O)O)C(C)C)NC(=O)[C@H](C(C)O)NC1=O)=C1C(=O)CC(C)(C)CC1=O. The normalized spacial score (nSPS) is 24.9. The highest BCUT2D eigenvalue weighted by atomic mass is 16.4. The number of aliphatic hydroxyl groups excluding tert-OH is 1. The first-order chi connectivity index (χ1) is 22.8. The van der Waals surface area contributed by atoms with Crippen molar-refractivity contribution in [3.63, 3.8) is 0 Å². The monoisotopic (exact) mass is 692 g/mol. The third-order valence-corrected chi connectivity index (χ3v) is 8.42. The molecule has 1 heterocycles. The van der Waals surface area contributed by atoms with E-state index < -0.39 is 71.2 Å². The fraction of sp³-hybridized carbons (Fsp3) is 0.697. The number of carbonyl (C=O) groups excluding carboxylic acids is 7. The van der Waals surface area contributed by atoms with Crippen LogP contribution < -0.4 is 31.9 Å². The van der Waals surface area contributed by atoms with Crippen LogP contribution in [0.4, 0.5) is 0 Å². The van der Waals surface area contributed by atoms with E-state index in [0.29, 0.717) is 12.8 Å². The first kappa shape index (κ1) is 40.8. The Bertz CT molecular complexity index is 1300. The number of rotatable bonds is 7. The van der Waals surface area contributed by atoms with Gasteiger partial charge in [-0.05, 0) is 50.9 Å². The second-order valence-corrected chi connectivity index (χ2v) is 13.9. The third-order valence-electron chi connectivity index (χ3n) is 8.42. The molecule has 8 N–H and O–H groups in total. The van der Waals surface area contributed by atoms with Crippen LogP contribution in [0.2, 0.25) is 0 Å². The fourth-order valence-corrected chi connectivity index (χ4v) is 5.71. The molecule has 1 aliphatic heterocycles. The first-order valence-electron chi connectivity index (χ1n) is 16.7. The highest BCUT2D eigenvalue weighted by molar-refractivity contribution is 6.22. The van der Waals surface area contributed by atoms with E-state index in [1.165, 1.54) is 13.8 Å². The van der Waals surface area contributed by atoms with Gasteiger partial charge in [-0.3, -0.25) is 33.6 Å². The van der Waals surface area contributed by atoms with E-state index in [2.05, 4.69) is 31.9 Å². The highest BCUT2D eigenvalue weighted by Gasteiger charge is 2.38. The maximum atomic E-state index is 13.7. The van der Waals surface area contributed by atoms with Crippen LogP contribution in [0, 0.1) is 11.3 Å². The molecule has 1 aliphatic carbocycles. The molecule has 0 radical (unpaired) electrons. The molecule has 274 valence electrons. The molecule has 5 atom stereocenters. The van der Waals surface area contributed by atoms with E-state index >= 15 is 0 Å². The lowest BCUT2D eigenvalue weighted by Gasteiger charge is -2.31. The van der Waals surface area contributed by atoms with E-state index in [0.717, 1.165) is 0 Å². The molecule has 49 heavy (non-hydrogen) atoms. The summed E-state index contributed by atoms with van der Waals surface area (Å²) in [6.45, 7) is 9.85. The Morgan fingerprint density at radius 1 is 0.837 bits per heavy atom. The van der Waals surface area contributed by atoms with Gasteiger partial charge in [0.05, 0.1) is 11.7 Å². The predicted molar refractivity (Wildman–Crippen MR) is 176 cm³/mol. The maximum absolute atomic E-state index is 13.7. The van der Waals surface area contributed by atoms with Crippen molar-refractivity contribution in [2.24, 2.45) is 11.3 Å². The van der Waals surface area contributed by atoms with Crippen LogP contribution in [0.3, 0.4) is 0 Å². The quantitative estimate of drug-likeness (QED) is 0.123. The Kier molecular flexibility index (Phi) is 15.4. The number of amides is 5. The highest BCUT2D eigenvalue weighted by Crippen LogP contribution is 2.34. The number of nitrogens with one attached hydrogen (secondary N) is 6. The van der Waals surface area contributed by atoms with Crippen molar-refractivity contribution in [2.75, 3.05) is 13.1 Å². The molecule has 0 bridgehead atoms. The van der Waals surface area contributed by atoms with E-state index in [1.807, 2.05) is 13.8 Å². The molecule has 2 aliphatic rings. The summed E-state index contributed by atoms with van der Waals surface area (Å²) in [5, 5.41) is 35.7. The van der Waals surface area contributed by atoms with Gasteiger partial charge in [-0.1, -0.05) is 27.7 Å². The standard InChI is InChI=1S/C33H52N6O10/c1-17(2)27(32(48)49)38-30(46)21-10-11-24(43)35-14-12-25(44)34-13-8-7-9-20(29(45)39-28(19(4)40)31(47)37-21)36-18(3)26-22(41)15-33(5,6)16-23(26)42/h17,19-21,27-28,36,40H,7-16H2,1-6H3,(H,34,44)(H,35,43)(H,37,47)(H,38,46)(H,39,45)(H,48,49)/t19?,20-,21-,27-,28-/m0/s1. The molecule has 16 nitrogen and oxygen atoms in total. The van der Waals surface area contributed by atoms with Gasteiger partial charge in [-0.2, -0.15) is 0 Å². The number of hydrogen-bond donors (Lipinski definition) is 8. The van der Waals surface area contributed by atoms with Gasteiger partial charge in [-0.25, -0.2) is 4.79 Å². The van der Waals surface area contributed by atoms with Crippen molar-refractivity contribution >= 4 is 47.1 Å². The van der Waals surface area contributed by atoms with Gasteiger partial charge in [0.25, 0.3) is 0 Å². The smallest absolute Gasteiger partial charge is 0.326 e. The van der Waals surface area contributed by atoms with E-state index in [-0.39, 0.29) is 80.4 Å². The number of aliphatic hydroxyl groups is 1. The van der Waals surface area contributed by atoms with Crippen LogP contribution in [0.25, 0.3) is 0 Å². The number of ketones is 2. The number of carboxylic acid groups (broad SMARTS) is 1. The Morgan fingerprint density at radius 3 is 2.00 bits per heavy atom. The van der Waals surface area contributed by atoms with Crippen LogP contribution in [0.1, 0.15) is 92.9 Å². The summed E-state index contributed by atoms with van der Waals surface area (Å²) in [5.41, 5.74) is -0.335. The minimum absolute atomic E-state index is 0.0133. The van der Waals surface area contributed by atoms with Gasteiger partial charge in [-0.15, -0.1) is 0 Å². The summed E-state index contributed by atoms with van der Waals surface area (Å²) in [6, 6.07) is -5.40. The zero-order valence-corrected chi connectivity index (χ0v) is 29.2. The number of aliphatic carboxylic acids is 1. The molecule has 0 aromatic rings. The van der Waals surface area contributed by atoms with Gasteiger partial charge in [0, 0.05) is 44.5 Å². The molecule has 2 rings (SSSR count). The molecule has 1 saturated heterocycles. The lowest BCUT2D eigenvalue weighted by molar-refractivity contribution is -0.144. The molecule has 1 saturated carbocycles. The van der Waals surface area contributed by atoms with Crippen molar-refractivity contribution < 1.29 is 48.6 Å². The van der Waals surface area contributed by atoms with Gasteiger partial charge in [0.1, 0.15) is 24.2 Å². The summed E-state index contributed by atoms with van der Waals surface area (Å²) in [6.07, 6.45) is -0.731. The number of allylic oxidation sites excluding steroid dienone is 2. The largest absolute Gasteiger partial charge is 0.480 e. The molecule has 0 aromatic heterocycles. The lowest BCUT2D eigenvalue weighted by Crippen LogP contribution is -2.60. The average Bonchev–Trinajstić information content (AvgIpc) is 2.97. The zero-order chi connectivity index (χ0) is 37.1. The molecule has 0 aromatic carbocycles. The molecular weight excluding hydrogens is 640 g/mol. The second-order valence-electron chi connectivity index (χ2n) is 13.9. The van der Waals surface area contributed by atoms with Crippen molar-refractivity contribution in [1.82, 2.24) is 31.9 Å². The summed E-state index contributed by atoms with van der Waals surface area (Å²) < 4.78 is 0.